The normalized spacial score (nSPS) is 23.0. The van der Waals surface area contributed by atoms with Crippen molar-refractivity contribution in [2.45, 2.75) is 36.8 Å². The molecule has 3 fully saturated rings. The monoisotopic (exact) mass is 488 g/mol. The third-order valence-electron chi connectivity index (χ3n) is 6.56. The van der Waals surface area contributed by atoms with Gasteiger partial charge < -0.3 is 19.5 Å². The number of aromatic amines is 1. The van der Waals surface area contributed by atoms with Crippen LogP contribution in [0, 0.1) is 5.82 Å². The molecule has 3 saturated carbocycles. The van der Waals surface area contributed by atoms with Gasteiger partial charge in [0.2, 0.25) is 0 Å². The number of carbonyl (C=O) groups is 1. The van der Waals surface area contributed by atoms with Crippen molar-refractivity contribution in [3.8, 4) is 11.5 Å². The molecule has 3 N–H and O–H groups in total. The van der Waals surface area contributed by atoms with Crippen LogP contribution in [-0.2, 0) is 9.53 Å². The second-order valence-electron chi connectivity index (χ2n) is 9.02. The lowest BCUT2D eigenvalue weighted by molar-refractivity contribution is -0.126. The molecule has 6 rings (SSSR count). The Hall–Kier alpha value is -2.88. The number of halogens is 2. The molecule has 3 aliphatic rings. The lowest BCUT2D eigenvalue weighted by Crippen LogP contribution is -2.64. The standard InChI is InChI=1S/C24H26ClFN4O4/c25-19-4-3-17(9-20(19)26)34-12-22(31)29-24-6-5-23(13-24,14-24)27-15-32-7-8-33-18-2-1-16-11-28-30-21(16)10-18/h1-4,9-11,27H,5-8,12-15H2,(H,28,30)(H,29,31). The van der Waals surface area contributed by atoms with E-state index in [-0.39, 0.29) is 34.4 Å². The van der Waals surface area contributed by atoms with Crippen molar-refractivity contribution in [3.05, 3.63) is 53.4 Å². The van der Waals surface area contributed by atoms with E-state index in [2.05, 4.69) is 20.8 Å². The molecule has 10 heteroatoms. The van der Waals surface area contributed by atoms with Crippen LogP contribution in [0.4, 0.5) is 4.39 Å². The van der Waals surface area contributed by atoms with Crippen LogP contribution < -0.4 is 20.1 Å². The van der Waals surface area contributed by atoms with Gasteiger partial charge in [-0.1, -0.05) is 11.6 Å². The lowest BCUT2D eigenvalue weighted by Gasteiger charge is -2.48. The molecular weight excluding hydrogens is 463 g/mol. The second kappa shape index (κ2) is 9.40. The Balaban J connectivity index is 0.976. The van der Waals surface area contributed by atoms with Crippen LogP contribution in [0.1, 0.15) is 25.7 Å². The zero-order valence-electron chi connectivity index (χ0n) is 18.5. The molecule has 0 saturated heterocycles. The molecule has 2 bridgehead atoms. The first kappa shape index (κ1) is 22.9. The second-order valence-corrected chi connectivity index (χ2v) is 9.43. The number of carbonyl (C=O) groups excluding carboxylic acids is 1. The van der Waals surface area contributed by atoms with Gasteiger partial charge >= 0.3 is 0 Å². The molecular formula is C24H26ClFN4O4. The van der Waals surface area contributed by atoms with Gasteiger partial charge in [-0.15, -0.1) is 0 Å². The Kier molecular flexibility index (Phi) is 6.33. The summed E-state index contributed by atoms with van der Waals surface area (Å²) in [5.41, 5.74) is 0.735. The molecule has 8 nitrogen and oxygen atoms in total. The number of benzene rings is 2. The third-order valence-corrected chi connectivity index (χ3v) is 6.87. The summed E-state index contributed by atoms with van der Waals surface area (Å²) in [6.07, 6.45) is 5.35. The summed E-state index contributed by atoms with van der Waals surface area (Å²) in [6.45, 7) is 1.18. The summed E-state index contributed by atoms with van der Waals surface area (Å²) in [4.78, 5) is 12.3. The zero-order valence-corrected chi connectivity index (χ0v) is 19.3. The number of hydrogen-bond donors (Lipinski definition) is 3. The molecule has 180 valence electrons. The van der Waals surface area contributed by atoms with E-state index in [0.717, 1.165) is 42.3 Å². The first-order chi connectivity index (χ1) is 16.4. The van der Waals surface area contributed by atoms with Crippen molar-refractivity contribution in [2.75, 3.05) is 26.6 Å². The van der Waals surface area contributed by atoms with E-state index in [1.165, 1.54) is 18.2 Å². The van der Waals surface area contributed by atoms with Crippen LogP contribution in [0.3, 0.4) is 0 Å². The van der Waals surface area contributed by atoms with Gasteiger partial charge in [-0.25, -0.2) is 4.39 Å². The Bertz CT molecular complexity index is 1180. The van der Waals surface area contributed by atoms with E-state index < -0.39 is 5.82 Å². The summed E-state index contributed by atoms with van der Waals surface area (Å²) in [7, 11) is 0. The van der Waals surface area contributed by atoms with Gasteiger partial charge in [0.15, 0.2) is 6.61 Å². The molecule has 0 unspecified atom stereocenters. The van der Waals surface area contributed by atoms with Crippen LogP contribution in [0.15, 0.2) is 42.6 Å². The topological polar surface area (TPSA) is 97.5 Å². The molecule has 1 aromatic heterocycles. The Morgan fingerprint density at radius 2 is 1.88 bits per heavy atom. The molecule has 2 aromatic carbocycles. The number of amides is 1. The quantitative estimate of drug-likeness (QED) is 0.282. The van der Waals surface area contributed by atoms with Gasteiger partial charge in [0.25, 0.3) is 5.91 Å². The molecule has 0 radical (unpaired) electrons. The number of fused-ring (bicyclic) bond motifs is 2. The zero-order chi connectivity index (χ0) is 23.6. The van der Waals surface area contributed by atoms with Crippen LogP contribution in [0.25, 0.3) is 10.9 Å². The van der Waals surface area contributed by atoms with E-state index in [1.807, 2.05) is 18.2 Å². The molecule has 34 heavy (non-hydrogen) atoms. The fourth-order valence-electron chi connectivity index (χ4n) is 4.99. The molecule has 1 amide bonds. The molecule has 3 aromatic rings. The highest BCUT2D eigenvalue weighted by Crippen LogP contribution is 2.54. The third kappa shape index (κ3) is 4.96. The van der Waals surface area contributed by atoms with Crippen LogP contribution in [0.5, 0.6) is 11.5 Å². The van der Waals surface area contributed by atoms with E-state index in [4.69, 9.17) is 25.8 Å². The summed E-state index contributed by atoms with van der Waals surface area (Å²) in [5, 5.41) is 14.6. The van der Waals surface area contributed by atoms with E-state index in [1.54, 1.807) is 6.20 Å². The van der Waals surface area contributed by atoms with Crippen molar-refractivity contribution in [3.63, 3.8) is 0 Å². The maximum absolute atomic E-state index is 13.5. The molecule has 1 heterocycles. The molecule has 0 atom stereocenters. The Morgan fingerprint density at radius 3 is 2.74 bits per heavy atom. The summed E-state index contributed by atoms with van der Waals surface area (Å²) in [6, 6.07) is 9.90. The van der Waals surface area contributed by atoms with Crippen LogP contribution >= 0.6 is 11.6 Å². The van der Waals surface area contributed by atoms with Crippen LogP contribution in [-0.4, -0.2) is 53.7 Å². The van der Waals surface area contributed by atoms with Crippen molar-refractivity contribution >= 4 is 28.4 Å². The maximum Gasteiger partial charge on any atom is 0.258 e. The largest absolute Gasteiger partial charge is 0.491 e. The highest BCUT2D eigenvalue weighted by Gasteiger charge is 2.61. The number of aromatic nitrogens is 2. The number of nitrogens with one attached hydrogen (secondary N) is 3. The van der Waals surface area contributed by atoms with Gasteiger partial charge in [0.05, 0.1) is 30.1 Å². The predicted molar refractivity (Wildman–Crippen MR) is 125 cm³/mol. The van der Waals surface area contributed by atoms with Crippen molar-refractivity contribution in [1.29, 1.82) is 0 Å². The predicted octanol–water partition coefficient (Wildman–Crippen LogP) is 3.56. The van der Waals surface area contributed by atoms with E-state index >= 15 is 0 Å². The van der Waals surface area contributed by atoms with Crippen molar-refractivity contribution < 1.29 is 23.4 Å². The smallest absolute Gasteiger partial charge is 0.258 e. The summed E-state index contributed by atoms with van der Waals surface area (Å²) in [5.74, 6) is 0.252. The minimum Gasteiger partial charge on any atom is -0.491 e. The van der Waals surface area contributed by atoms with E-state index in [0.29, 0.717) is 19.9 Å². The molecule has 3 aliphatic carbocycles. The Labute approximate surface area is 201 Å². The Morgan fingerprint density at radius 1 is 1.09 bits per heavy atom. The number of rotatable bonds is 11. The summed E-state index contributed by atoms with van der Waals surface area (Å²) >= 11 is 5.66. The van der Waals surface area contributed by atoms with Gasteiger partial charge in [0.1, 0.15) is 23.9 Å². The van der Waals surface area contributed by atoms with Crippen LogP contribution in [0.2, 0.25) is 5.02 Å². The molecule has 0 spiro atoms. The summed E-state index contributed by atoms with van der Waals surface area (Å²) < 4.78 is 30.3. The van der Waals surface area contributed by atoms with Gasteiger partial charge in [-0.05, 0) is 49.9 Å². The van der Waals surface area contributed by atoms with Crippen molar-refractivity contribution in [1.82, 2.24) is 20.8 Å². The van der Waals surface area contributed by atoms with Gasteiger partial charge in [-0.2, -0.15) is 5.10 Å². The number of H-pyrrole nitrogens is 1. The van der Waals surface area contributed by atoms with E-state index in [9.17, 15) is 9.18 Å². The van der Waals surface area contributed by atoms with Gasteiger partial charge in [0, 0.05) is 28.6 Å². The number of nitrogens with zero attached hydrogens (tertiary/aromatic N) is 1. The fourth-order valence-corrected chi connectivity index (χ4v) is 5.11. The first-order valence-electron chi connectivity index (χ1n) is 11.2. The number of hydrogen-bond acceptors (Lipinski definition) is 6. The lowest BCUT2D eigenvalue weighted by atomic mass is 9.71. The fraction of sp³-hybridized carbons (Fsp3) is 0.417. The maximum atomic E-state index is 13.5. The molecule has 0 aliphatic heterocycles. The van der Waals surface area contributed by atoms with Crippen molar-refractivity contribution in [2.24, 2.45) is 0 Å². The average molecular weight is 489 g/mol. The highest BCUT2D eigenvalue weighted by molar-refractivity contribution is 6.30. The first-order valence-corrected chi connectivity index (χ1v) is 11.6. The SMILES string of the molecule is O=C(COc1ccc(Cl)c(F)c1)NC12CCC(NCOCCOc3ccc4cn[nH]c4c3)(C1)C2. The highest BCUT2D eigenvalue weighted by atomic mass is 35.5. The average Bonchev–Trinajstić information content (AvgIpc) is 3.50. The minimum atomic E-state index is -0.576. The number of ether oxygens (including phenoxy) is 3. The van der Waals surface area contributed by atoms with Gasteiger partial charge in [-0.3, -0.25) is 15.2 Å². The minimum absolute atomic E-state index is 0.0000440.